The molecule has 0 bridgehead atoms. The third kappa shape index (κ3) is 5.97. The molecule has 0 aliphatic rings. The van der Waals surface area contributed by atoms with Gasteiger partial charge < -0.3 is 5.73 Å². The lowest BCUT2D eigenvalue weighted by Gasteiger charge is -2.26. The molecule has 0 radical (unpaired) electrons. The number of hydrogen-bond acceptors (Lipinski definition) is 2. The molecule has 0 aliphatic heterocycles. The van der Waals surface area contributed by atoms with Crippen LogP contribution in [0.25, 0.3) is 0 Å². The maximum absolute atomic E-state index is 13.6. The van der Waals surface area contributed by atoms with Crippen LogP contribution >= 0.6 is 12.2 Å². The Morgan fingerprint density at radius 1 is 1.15 bits per heavy atom. The SMILES string of the molecule is CC(C)CN(Cc1cc(F)cc(C(N)=S)c1)CC(C)C. The van der Waals surface area contributed by atoms with E-state index in [4.69, 9.17) is 18.0 Å². The summed E-state index contributed by atoms with van der Waals surface area (Å²) >= 11 is 4.93. The lowest BCUT2D eigenvalue weighted by atomic mass is 10.1. The van der Waals surface area contributed by atoms with Crippen LogP contribution in [0.1, 0.15) is 38.8 Å². The second kappa shape index (κ2) is 7.70. The van der Waals surface area contributed by atoms with Gasteiger partial charge in [-0.25, -0.2) is 4.39 Å². The first kappa shape index (κ1) is 17.1. The fraction of sp³-hybridized carbons (Fsp3) is 0.562. The van der Waals surface area contributed by atoms with E-state index in [1.807, 2.05) is 6.07 Å². The van der Waals surface area contributed by atoms with Gasteiger partial charge in [0, 0.05) is 25.2 Å². The van der Waals surface area contributed by atoms with Gasteiger partial charge in [0.25, 0.3) is 0 Å². The zero-order valence-corrected chi connectivity index (χ0v) is 13.6. The lowest BCUT2D eigenvalue weighted by molar-refractivity contribution is 0.211. The zero-order chi connectivity index (χ0) is 15.3. The minimum atomic E-state index is -0.278. The van der Waals surface area contributed by atoms with E-state index in [1.165, 1.54) is 6.07 Å². The molecule has 0 aromatic heterocycles. The summed E-state index contributed by atoms with van der Waals surface area (Å²) in [5.74, 6) is 0.883. The standard InChI is InChI=1S/C16H25FN2S/c1-11(2)8-19(9-12(3)4)10-13-5-14(16(18)20)7-15(17)6-13/h5-7,11-12H,8-10H2,1-4H3,(H2,18,20). The van der Waals surface area contributed by atoms with Crippen LogP contribution in [0.2, 0.25) is 0 Å². The van der Waals surface area contributed by atoms with Crippen molar-refractivity contribution in [1.29, 1.82) is 0 Å². The van der Waals surface area contributed by atoms with Crippen molar-refractivity contribution < 1.29 is 4.39 Å². The average Bonchev–Trinajstić information content (AvgIpc) is 2.25. The van der Waals surface area contributed by atoms with Crippen molar-refractivity contribution in [3.05, 3.63) is 35.1 Å². The second-order valence-electron chi connectivity index (χ2n) is 6.19. The molecule has 1 rings (SSSR count). The topological polar surface area (TPSA) is 29.3 Å². The molecule has 0 amide bonds. The van der Waals surface area contributed by atoms with Gasteiger partial charge >= 0.3 is 0 Å². The van der Waals surface area contributed by atoms with E-state index in [0.717, 1.165) is 25.2 Å². The molecule has 20 heavy (non-hydrogen) atoms. The molecular weight excluding hydrogens is 271 g/mol. The Morgan fingerprint density at radius 2 is 1.70 bits per heavy atom. The van der Waals surface area contributed by atoms with Crippen molar-refractivity contribution in [2.75, 3.05) is 13.1 Å². The van der Waals surface area contributed by atoms with E-state index >= 15 is 0 Å². The highest BCUT2D eigenvalue weighted by molar-refractivity contribution is 7.80. The van der Waals surface area contributed by atoms with Crippen molar-refractivity contribution in [2.45, 2.75) is 34.2 Å². The van der Waals surface area contributed by atoms with E-state index in [9.17, 15) is 4.39 Å². The Hall–Kier alpha value is -1.00. The first-order valence-corrected chi connectivity index (χ1v) is 7.50. The lowest BCUT2D eigenvalue weighted by Crippen LogP contribution is -2.31. The summed E-state index contributed by atoms with van der Waals surface area (Å²) < 4.78 is 13.6. The van der Waals surface area contributed by atoms with E-state index in [2.05, 4.69) is 32.6 Å². The number of nitrogens with two attached hydrogens (primary N) is 1. The molecule has 0 spiro atoms. The van der Waals surface area contributed by atoms with Crippen LogP contribution in [0.15, 0.2) is 18.2 Å². The predicted octanol–water partition coefficient (Wildman–Crippen LogP) is 3.57. The van der Waals surface area contributed by atoms with Gasteiger partial charge in [0.2, 0.25) is 0 Å². The predicted molar refractivity (Wildman–Crippen MR) is 87.2 cm³/mol. The summed E-state index contributed by atoms with van der Waals surface area (Å²) in [5, 5.41) is 0. The molecule has 0 unspecified atom stereocenters. The van der Waals surface area contributed by atoms with Crippen LogP contribution in [-0.4, -0.2) is 23.0 Å². The number of hydrogen-bond donors (Lipinski definition) is 1. The van der Waals surface area contributed by atoms with Gasteiger partial charge in [-0.1, -0.05) is 39.9 Å². The number of nitrogens with zero attached hydrogens (tertiary/aromatic N) is 1. The van der Waals surface area contributed by atoms with Gasteiger partial charge in [-0.15, -0.1) is 0 Å². The fourth-order valence-electron chi connectivity index (χ4n) is 2.38. The normalized spacial score (nSPS) is 11.6. The van der Waals surface area contributed by atoms with Crippen molar-refractivity contribution in [3.63, 3.8) is 0 Å². The third-order valence-corrected chi connectivity index (χ3v) is 3.13. The minimum Gasteiger partial charge on any atom is -0.389 e. The smallest absolute Gasteiger partial charge is 0.124 e. The molecular formula is C16H25FN2S. The third-order valence-electron chi connectivity index (χ3n) is 2.89. The van der Waals surface area contributed by atoms with Gasteiger partial charge in [0.15, 0.2) is 0 Å². The van der Waals surface area contributed by atoms with Crippen LogP contribution in [0.5, 0.6) is 0 Å². The first-order chi connectivity index (χ1) is 9.27. The summed E-state index contributed by atoms with van der Waals surface area (Å²) in [7, 11) is 0. The molecule has 2 N–H and O–H groups in total. The van der Waals surface area contributed by atoms with Gasteiger partial charge in [0.05, 0.1) is 0 Å². The largest absolute Gasteiger partial charge is 0.389 e. The Balaban J connectivity index is 2.89. The van der Waals surface area contributed by atoms with Crippen LogP contribution in [0.4, 0.5) is 4.39 Å². The van der Waals surface area contributed by atoms with Crippen molar-refractivity contribution >= 4 is 17.2 Å². The average molecular weight is 296 g/mol. The number of rotatable bonds is 7. The Labute approximate surface area is 127 Å². The molecule has 0 saturated carbocycles. The summed E-state index contributed by atoms with van der Waals surface area (Å²) in [6.07, 6.45) is 0. The summed E-state index contributed by atoms with van der Waals surface area (Å²) in [4.78, 5) is 2.60. The maximum atomic E-state index is 13.6. The van der Waals surface area contributed by atoms with E-state index in [0.29, 0.717) is 17.4 Å². The molecule has 0 fully saturated rings. The van der Waals surface area contributed by atoms with Crippen LogP contribution < -0.4 is 5.73 Å². The van der Waals surface area contributed by atoms with E-state index < -0.39 is 0 Å². The first-order valence-electron chi connectivity index (χ1n) is 7.09. The van der Waals surface area contributed by atoms with Gasteiger partial charge in [-0.05, 0) is 35.6 Å². The molecule has 4 heteroatoms. The highest BCUT2D eigenvalue weighted by Crippen LogP contribution is 2.14. The molecule has 0 aliphatic carbocycles. The van der Waals surface area contributed by atoms with E-state index in [-0.39, 0.29) is 10.8 Å². The highest BCUT2D eigenvalue weighted by atomic mass is 32.1. The van der Waals surface area contributed by atoms with Gasteiger partial charge in [-0.3, -0.25) is 4.90 Å². The molecule has 1 aromatic carbocycles. The fourth-order valence-corrected chi connectivity index (χ4v) is 2.50. The Bertz CT molecular complexity index is 448. The monoisotopic (exact) mass is 296 g/mol. The van der Waals surface area contributed by atoms with Crippen molar-refractivity contribution in [2.24, 2.45) is 17.6 Å². The van der Waals surface area contributed by atoms with E-state index in [1.54, 1.807) is 6.07 Å². The number of thiocarbonyl (C=S) groups is 1. The van der Waals surface area contributed by atoms with Gasteiger partial charge in [-0.2, -0.15) is 0 Å². The van der Waals surface area contributed by atoms with Crippen molar-refractivity contribution in [1.82, 2.24) is 4.90 Å². The van der Waals surface area contributed by atoms with Crippen LogP contribution in [0.3, 0.4) is 0 Å². The number of benzene rings is 1. The summed E-state index contributed by atoms with van der Waals surface area (Å²) in [5.41, 5.74) is 7.12. The zero-order valence-electron chi connectivity index (χ0n) is 12.8. The summed E-state index contributed by atoms with van der Waals surface area (Å²) in [6, 6.07) is 4.84. The molecule has 0 atom stereocenters. The second-order valence-corrected chi connectivity index (χ2v) is 6.63. The van der Waals surface area contributed by atoms with Crippen LogP contribution in [-0.2, 0) is 6.54 Å². The minimum absolute atomic E-state index is 0.241. The number of halogens is 1. The Morgan fingerprint density at radius 3 is 2.15 bits per heavy atom. The highest BCUT2D eigenvalue weighted by Gasteiger charge is 2.12. The van der Waals surface area contributed by atoms with Crippen LogP contribution in [0, 0.1) is 17.7 Å². The summed E-state index contributed by atoms with van der Waals surface area (Å²) in [6.45, 7) is 11.5. The van der Waals surface area contributed by atoms with Crippen molar-refractivity contribution in [3.8, 4) is 0 Å². The molecule has 112 valence electrons. The quantitative estimate of drug-likeness (QED) is 0.780. The molecule has 2 nitrogen and oxygen atoms in total. The molecule has 0 saturated heterocycles. The Kier molecular flexibility index (Phi) is 6.56. The maximum Gasteiger partial charge on any atom is 0.124 e. The molecule has 0 heterocycles. The van der Waals surface area contributed by atoms with Gasteiger partial charge in [0.1, 0.15) is 10.8 Å². The molecule has 1 aromatic rings.